The van der Waals surface area contributed by atoms with E-state index in [0.29, 0.717) is 12.1 Å². The summed E-state index contributed by atoms with van der Waals surface area (Å²) in [4.78, 5) is 11.8. The van der Waals surface area contributed by atoms with Gasteiger partial charge in [-0.15, -0.1) is 0 Å². The molecule has 100 valence electrons. The number of halogens is 2. The zero-order valence-electron chi connectivity index (χ0n) is 10.4. The van der Waals surface area contributed by atoms with Crippen LogP contribution in [-0.4, -0.2) is 5.91 Å². The maximum atomic E-state index is 11.8. The maximum Gasteiger partial charge on any atom is 0.224 e. The lowest BCUT2D eigenvalue weighted by atomic mass is 10.1. The number of hydrogen-bond donors (Lipinski definition) is 2. The Kier molecular flexibility index (Phi) is 6.71. The first-order valence-electron chi connectivity index (χ1n) is 6.09. The minimum atomic E-state index is 0.0391. The Morgan fingerprint density at radius 2 is 1.83 bits per heavy atom. The third-order valence-electron chi connectivity index (χ3n) is 2.59. The Bertz CT molecular complexity index is 398. The number of nitrogens with one attached hydrogen (secondary N) is 1. The van der Waals surface area contributed by atoms with Gasteiger partial charge in [0.15, 0.2) is 0 Å². The molecular formula is C13H18Br2N2O. The van der Waals surface area contributed by atoms with Gasteiger partial charge in [-0.1, -0.05) is 26.2 Å². The summed E-state index contributed by atoms with van der Waals surface area (Å²) >= 11 is 6.79. The summed E-state index contributed by atoms with van der Waals surface area (Å²) in [6.45, 7) is 2.16. The van der Waals surface area contributed by atoms with E-state index in [9.17, 15) is 4.79 Å². The molecule has 0 atom stereocenters. The van der Waals surface area contributed by atoms with Crippen LogP contribution in [-0.2, 0) is 4.79 Å². The first-order valence-corrected chi connectivity index (χ1v) is 7.67. The Labute approximate surface area is 125 Å². The summed E-state index contributed by atoms with van der Waals surface area (Å²) in [6, 6.07) is 3.55. The number of hydrogen-bond acceptors (Lipinski definition) is 2. The number of amides is 1. The van der Waals surface area contributed by atoms with Crippen molar-refractivity contribution in [3.63, 3.8) is 0 Å². The molecule has 1 rings (SSSR count). The molecule has 0 aliphatic carbocycles. The Morgan fingerprint density at radius 3 is 2.39 bits per heavy atom. The highest BCUT2D eigenvalue weighted by molar-refractivity contribution is 9.11. The minimum Gasteiger partial charge on any atom is -0.399 e. The van der Waals surface area contributed by atoms with Gasteiger partial charge < -0.3 is 11.1 Å². The SMILES string of the molecule is CCCCCCC(=O)Nc1c(Br)cc(N)cc1Br. The van der Waals surface area contributed by atoms with Crippen molar-refractivity contribution in [3.8, 4) is 0 Å². The molecule has 0 aromatic heterocycles. The molecule has 0 heterocycles. The standard InChI is InChI=1S/C13H18Br2N2O/c1-2-3-4-5-6-12(18)17-13-10(14)7-9(16)8-11(13)15/h7-8H,2-6,16H2,1H3,(H,17,18). The predicted octanol–water partition coefficient (Wildman–Crippen LogP) is 4.70. The molecular weight excluding hydrogens is 360 g/mol. The smallest absolute Gasteiger partial charge is 0.224 e. The van der Waals surface area contributed by atoms with Crippen LogP contribution in [0.2, 0.25) is 0 Å². The van der Waals surface area contributed by atoms with E-state index in [-0.39, 0.29) is 5.91 Å². The number of benzene rings is 1. The van der Waals surface area contributed by atoms with E-state index in [1.807, 2.05) is 0 Å². The van der Waals surface area contributed by atoms with Crippen LogP contribution >= 0.6 is 31.9 Å². The second-order valence-corrected chi connectivity index (χ2v) is 5.93. The molecule has 3 N–H and O–H groups in total. The minimum absolute atomic E-state index is 0.0391. The van der Waals surface area contributed by atoms with Crippen LogP contribution in [0.15, 0.2) is 21.1 Å². The van der Waals surface area contributed by atoms with Crippen LogP contribution in [0.4, 0.5) is 11.4 Å². The lowest BCUT2D eigenvalue weighted by Crippen LogP contribution is -2.12. The van der Waals surface area contributed by atoms with Crippen molar-refractivity contribution in [3.05, 3.63) is 21.1 Å². The molecule has 3 nitrogen and oxygen atoms in total. The summed E-state index contributed by atoms with van der Waals surface area (Å²) in [5, 5.41) is 2.89. The molecule has 0 fully saturated rings. The molecule has 0 aliphatic heterocycles. The zero-order chi connectivity index (χ0) is 13.5. The second kappa shape index (κ2) is 7.79. The van der Waals surface area contributed by atoms with Crippen LogP contribution in [0.25, 0.3) is 0 Å². The van der Waals surface area contributed by atoms with Crippen LogP contribution in [0, 0.1) is 0 Å². The highest BCUT2D eigenvalue weighted by atomic mass is 79.9. The van der Waals surface area contributed by atoms with Gasteiger partial charge in [0, 0.05) is 21.1 Å². The highest BCUT2D eigenvalue weighted by Gasteiger charge is 2.10. The van der Waals surface area contributed by atoms with Crippen molar-refractivity contribution in [1.29, 1.82) is 0 Å². The maximum absolute atomic E-state index is 11.8. The monoisotopic (exact) mass is 376 g/mol. The molecule has 0 bridgehead atoms. The molecule has 18 heavy (non-hydrogen) atoms. The van der Waals surface area contributed by atoms with Gasteiger partial charge in [-0.2, -0.15) is 0 Å². The largest absolute Gasteiger partial charge is 0.399 e. The lowest BCUT2D eigenvalue weighted by molar-refractivity contribution is -0.116. The third-order valence-corrected chi connectivity index (χ3v) is 3.84. The van der Waals surface area contributed by atoms with E-state index in [1.165, 1.54) is 12.8 Å². The summed E-state index contributed by atoms with van der Waals surface area (Å²) in [7, 11) is 0. The van der Waals surface area contributed by atoms with Crippen LogP contribution in [0.3, 0.4) is 0 Å². The van der Waals surface area contributed by atoms with E-state index < -0.39 is 0 Å². The molecule has 1 aromatic carbocycles. The molecule has 0 unspecified atom stereocenters. The fourth-order valence-corrected chi connectivity index (χ4v) is 3.05. The molecule has 1 aromatic rings. The number of unbranched alkanes of at least 4 members (excludes halogenated alkanes) is 3. The summed E-state index contributed by atoms with van der Waals surface area (Å²) in [5.41, 5.74) is 7.09. The van der Waals surface area contributed by atoms with Gasteiger partial charge in [-0.05, 0) is 50.4 Å². The van der Waals surface area contributed by atoms with E-state index in [2.05, 4.69) is 44.1 Å². The van der Waals surface area contributed by atoms with Gasteiger partial charge in [0.25, 0.3) is 0 Å². The summed E-state index contributed by atoms with van der Waals surface area (Å²) in [5.74, 6) is 0.0391. The van der Waals surface area contributed by atoms with E-state index in [0.717, 1.165) is 27.5 Å². The molecule has 5 heteroatoms. The number of nitrogens with two attached hydrogens (primary N) is 1. The Morgan fingerprint density at radius 1 is 1.22 bits per heavy atom. The molecule has 0 aliphatic rings. The summed E-state index contributed by atoms with van der Waals surface area (Å²) in [6.07, 6.45) is 4.96. The van der Waals surface area contributed by atoms with Gasteiger partial charge in [-0.25, -0.2) is 0 Å². The number of rotatable bonds is 6. The molecule has 0 radical (unpaired) electrons. The predicted molar refractivity (Wildman–Crippen MR) is 83.6 cm³/mol. The molecule has 0 saturated carbocycles. The van der Waals surface area contributed by atoms with Crippen molar-refractivity contribution in [1.82, 2.24) is 0 Å². The topological polar surface area (TPSA) is 55.1 Å². The average molecular weight is 378 g/mol. The Hall–Kier alpha value is -0.550. The number of nitrogen functional groups attached to an aromatic ring is 1. The first-order chi connectivity index (χ1) is 8.54. The number of carbonyl (C=O) groups excluding carboxylic acids is 1. The van der Waals surface area contributed by atoms with E-state index in [1.54, 1.807) is 12.1 Å². The lowest BCUT2D eigenvalue weighted by Gasteiger charge is -2.10. The second-order valence-electron chi connectivity index (χ2n) is 4.22. The van der Waals surface area contributed by atoms with Gasteiger partial charge >= 0.3 is 0 Å². The van der Waals surface area contributed by atoms with Crippen LogP contribution < -0.4 is 11.1 Å². The molecule has 0 spiro atoms. The fraction of sp³-hybridized carbons (Fsp3) is 0.462. The van der Waals surface area contributed by atoms with Crippen molar-refractivity contribution in [2.45, 2.75) is 39.0 Å². The van der Waals surface area contributed by atoms with Crippen molar-refractivity contribution >= 4 is 49.1 Å². The van der Waals surface area contributed by atoms with Crippen molar-refractivity contribution in [2.24, 2.45) is 0 Å². The van der Waals surface area contributed by atoms with Crippen molar-refractivity contribution in [2.75, 3.05) is 11.1 Å². The molecule has 1 amide bonds. The van der Waals surface area contributed by atoms with Crippen molar-refractivity contribution < 1.29 is 4.79 Å². The average Bonchev–Trinajstić information content (AvgIpc) is 2.29. The van der Waals surface area contributed by atoms with Gasteiger partial charge in [-0.3, -0.25) is 4.79 Å². The van der Waals surface area contributed by atoms with E-state index in [4.69, 9.17) is 5.73 Å². The Balaban J connectivity index is 2.54. The quantitative estimate of drug-likeness (QED) is 0.557. The highest BCUT2D eigenvalue weighted by Crippen LogP contribution is 2.33. The van der Waals surface area contributed by atoms with Crippen LogP contribution in [0.5, 0.6) is 0 Å². The number of carbonyl (C=O) groups is 1. The number of anilines is 2. The zero-order valence-corrected chi connectivity index (χ0v) is 13.6. The fourth-order valence-electron chi connectivity index (χ4n) is 1.63. The third kappa shape index (κ3) is 4.98. The van der Waals surface area contributed by atoms with Crippen LogP contribution in [0.1, 0.15) is 39.0 Å². The summed E-state index contributed by atoms with van der Waals surface area (Å²) < 4.78 is 1.58. The molecule has 0 saturated heterocycles. The van der Waals surface area contributed by atoms with E-state index >= 15 is 0 Å². The first kappa shape index (κ1) is 15.5. The van der Waals surface area contributed by atoms with Gasteiger partial charge in [0.05, 0.1) is 5.69 Å². The van der Waals surface area contributed by atoms with Gasteiger partial charge in [0.1, 0.15) is 0 Å². The van der Waals surface area contributed by atoms with Gasteiger partial charge in [0.2, 0.25) is 5.91 Å². The normalized spacial score (nSPS) is 10.4.